The van der Waals surface area contributed by atoms with Crippen molar-refractivity contribution >= 4 is 19.0 Å². The van der Waals surface area contributed by atoms with Crippen LogP contribution in [0.5, 0.6) is 0 Å². The van der Waals surface area contributed by atoms with E-state index in [0.29, 0.717) is 12.2 Å². The van der Waals surface area contributed by atoms with E-state index in [-0.39, 0.29) is 16.8 Å². The van der Waals surface area contributed by atoms with Gasteiger partial charge in [0.25, 0.3) is 0 Å². The number of methoxy groups -OCH3 is 1. The van der Waals surface area contributed by atoms with Crippen molar-refractivity contribution in [1.82, 2.24) is 0 Å². The molecule has 0 bridgehead atoms. The van der Waals surface area contributed by atoms with E-state index in [1.807, 2.05) is 6.92 Å². The summed E-state index contributed by atoms with van der Waals surface area (Å²) in [6.45, 7) is 3.23. The molecule has 0 saturated heterocycles. The van der Waals surface area contributed by atoms with Crippen LogP contribution in [-0.2, 0) is 14.3 Å². The number of carbonyl (C=O) groups is 2. The van der Waals surface area contributed by atoms with E-state index in [9.17, 15) is 9.59 Å². The zero-order valence-corrected chi connectivity index (χ0v) is 8.96. The number of carboxylic acid groups (broad SMARTS) is 1. The van der Waals surface area contributed by atoms with Crippen LogP contribution in [0.3, 0.4) is 0 Å². The van der Waals surface area contributed by atoms with Crippen molar-refractivity contribution in [2.45, 2.75) is 20.3 Å². The molecule has 1 heterocycles. The van der Waals surface area contributed by atoms with Gasteiger partial charge in [-0.25, -0.2) is 4.79 Å². The van der Waals surface area contributed by atoms with Gasteiger partial charge in [0.15, 0.2) is 7.28 Å². The second kappa shape index (κ2) is 4.34. The minimum atomic E-state index is -1.13. The Labute approximate surface area is 88.9 Å². The molecule has 0 spiro atoms. The predicted octanol–water partition coefficient (Wildman–Crippen LogP) is 0.900. The van der Waals surface area contributed by atoms with Crippen LogP contribution in [0.1, 0.15) is 20.3 Å². The summed E-state index contributed by atoms with van der Waals surface area (Å²) in [6, 6.07) is 0. The van der Waals surface area contributed by atoms with E-state index in [4.69, 9.17) is 9.84 Å². The fraction of sp³-hybridized carbons (Fsp3) is 0.400. The number of hydrogen-bond acceptors (Lipinski definition) is 3. The van der Waals surface area contributed by atoms with Crippen LogP contribution in [0.4, 0.5) is 0 Å². The van der Waals surface area contributed by atoms with Crippen molar-refractivity contribution in [3.8, 4) is 0 Å². The lowest BCUT2D eigenvalue weighted by Crippen LogP contribution is -2.10. The zero-order valence-electron chi connectivity index (χ0n) is 8.96. The average Bonchev–Trinajstić information content (AvgIpc) is 2.55. The lowest BCUT2D eigenvalue weighted by Gasteiger charge is -2.06. The van der Waals surface area contributed by atoms with E-state index in [0.717, 1.165) is 5.47 Å². The summed E-state index contributed by atoms with van der Waals surface area (Å²) < 4.78 is 5.03. The average molecular weight is 207 g/mol. The molecule has 1 N–H and O–H groups in total. The molecule has 0 fully saturated rings. The Morgan fingerprint density at radius 2 is 2.07 bits per heavy atom. The van der Waals surface area contributed by atoms with Gasteiger partial charge in [-0.1, -0.05) is 12.4 Å². The maximum atomic E-state index is 11.2. The quantitative estimate of drug-likeness (QED) is 0.695. The summed E-state index contributed by atoms with van der Waals surface area (Å²) in [5, 5.41) is 9.00. The Morgan fingerprint density at radius 3 is 2.40 bits per heavy atom. The van der Waals surface area contributed by atoms with E-state index in [2.05, 4.69) is 0 Å². The SMILES string of the molecule is CCC1=C(OC)C(C(=O)O)=C(C(C)=O)[B]1. The topological polar surface area (TPSA) is 63.6 Å². The summed E-state index contributed by atoms with van der Waals surface area (Å²) in [4.78, 5) is 22.3. The highest BCUT2D eigenvalue weighted by Crippen LogP contribution is 2.29. The van der Waals surface area contributed by atoms with Gasteiger partial charge in [-0.05, 0) is 18.8 Å². The van der Waals surface area contributed by atoms with Crippen LogP contribution in [-0.4, -0.2) is 31.2 Å². The van der Waals surface area contributed by atoms with Gasteiger partial charge >= 0.3 is 5.97 Å². The number of rotatable bonds is 4. The Hall–Kier alpha value is -1.52. The first-order valence-corrected chi connectivity index (χ1v) is 4.63. The van der Waals surface area contributed by atoms with Crippen LogP contribution in [0, 0.1) is 0 Å². The molecule has 79 valence electrons. The Bertz CT molecular complexity index is 379. The number of allylic oxidation sites excluding steroid dienone is 2. The molecule has 0 aromatic rings. The highest BCUT2D eigenvalue weighted by atomic mass is 16.5. The number of hydrogen-bond donors (Lipinski definition) is 1. The minimum absolute atomic E-state index is 0.0261. The Morgan fingerprint density at radius 1 is 1.47 bits per heavy atom. The zero-order chi connectivity index (χ0) is 11.6. The van der Waals surface area contributed by atoms with Gasteiger partial charge in [-0.15, -0.1) is 0 Å². The van der Waals surface area contributed by atoms with Crippen LogP contribution in [0.2, 0.25) is 0 Å². The van der Waals surface area contributed by atoms with Crippen molar-refractivity contribution in [1.29, 1.82) is 0 Å². The van der Waals surface area contributed by atoms with Crippen LogP contribution >= 0.6 is 0 Å². The standard InChI is InChI=1S/C10H12BO4/c1-4-6-9(15-3)7(10(13)14)8(11-6)5(2)12/h4H2,1-3H3,(H,13,14). The molecule has 1 aliphatic heterocycles. The highest BCUT2D eigenvalue weighted by Gasteiger charge is 2.31. The smallest absolute Gasteiger partial charge is 0.339 e. The van der Waals surface area contributed by atoms with Gasteiger partial charge in [0.2, 0.25) is 0 Å². The normalized spacial score (nSPS) is 15.4. The van der Waals surface area contributed by atoms with Crippen LogP contribution in [0.15, 0.2) is 22.3 Å². The number of carboxylic acids is 1. The molecule has 1 radical (unpaired) electrons. The molecule has 1 rings (SSSR count). The Kier molecular flexibility index (Phi) is 3.34. The molecule has 0 aromatic carbocycles. The number of aliphatic carboxylic acids is 1. The van der Waals surface area contributed by atoms with Crippen LogP contribution < -0.4 is 0 Å². The largest absolute Gasteiger partial charge is 0.497 e. The van der Waals surface area contributed by atoms with Crippen LogP contribution in [0.25, 0.3) is 0 Å². The molecule has 0 aromatic heterocycles. The molecule has 4 nitrogen and oxygen atoms in total. The monoisotopic (exact) mass is 207 g/mol. The van der Waals surface area contributed by atoms with E-state index in [1.165, 1.54) is 14.0 Å². The van der Waals surface area contributed by atoms with Gasteiger partial charge < -0.3 is 9.84 Å². The summed E-state index contributed by atoms with van der Waals surface area (Å²) in [5.74, 6) is -1.09. The number of ether oxygens (including phenoxy) is 1. The van der Waals surface area contributed by atoms with Gasteiger partial charge in [0.1, 0.15) is 11.5 Å². The fourth-order valence-electron chi connectivity index (χ4n) is 1.58. The second-order valence-corrected chi connectivity index (χ2v) is 3.21. The maximum Gasteiger partial charge on any atom is 0.339 e. The van der Waals surface area contributed by atoms with Gasteiger partial charge in [0.05, 0.1) is 12.7 Å². The van der Waals surface area contributed by atoms with Gasteiger partial charge in [-0.2, -0.15) is 0 Å². The van der Waals surface area contributed by atoms with Crippen molar-refractivity contribution in [3.63, 3.8) is 0 Å². The molecule has 0 unspecified atom stereocenters. The number of carbonyl (C=O) groups excluding carboxylic acids is 1. The molecule has 1 aliphatic rings. The summed E-state index contributed by atoms with van der Waals surface area (Å²) >= 11 is 0. The first-order valence-electron chi connectivity index (χ1n) is 4.63. The third kappa shape index (κ3) is 1.96. The number of ketones is 1. The molecule has 0 amide bonds. The first-order chi connectivity index (χ1) is 7.02. The lowest BCUT2D eigenvalue weighted by molar-refractivity contribution is -0.133. The summed E-state index contributed by atoms with van der Waals surface area (Å²) in [6.07, 6.45) is 0.636. The fourth-order valence-corrected chi connectivity index (χ4v) is 1.58. The first kappa shape index (κ1) is 11.6. The number of Topliss-reactive ketones (excluding diaryl/α,β-unsaturated/α-hetero) is 1. The van der Waals surface area contributed by atoms with Crippen molar-refractivity contribution in [3.05, 3.63) is 22.3 Å². The van der Waals surface area contributed by atoms with Crippen molar-refractivity contribution in [2.75, 3.05) is 7.11 Å². The molecule has 15 heavy (non-hydrogen) atoms. The third-order valence-electron chi connectivity index (χ3n) is 2.28. The predicted molar refractivity (Wildman–Crippen MR) is 55.4 cm³/mol. The molecular weight excluding hydrogens is 195 g/mol. The van der Waals surface area contributed by atoms with Crippen molar-refractivity contribution in [2.24, 2.45) is 0 Å². The summed E-state index contributed by atoms with van der Waals surface area (Å²) in [7, 11) is 3.00. The third-order valence-corrected chi connectivity index (χ3v) is 2.28. The van der Waals surface area contributed by atoms with E-state index in [1.54, 1.807) is 7.28 Å². The molecule has 0 saturated carbocycles. The molecular formula is C10H12BO4. The van der Waals surface area contributed by atoms with E-state index < -0.39 is 5.97 Å². The highest BCUT2D eigenvalue weighted by molar-refractivity contribution is 6.64. The van der Waals surface area contributed by atoms with Gasteiger partial charge in [0, 0.05) is 0 Å². The maximum absolute atomic E-state index is 11.2. The van der Waals surface area contributed by atoms with Crippen molar-refractivity contribution < 1.29 is 19.4 Å². The van der Waals surface area contributed by atoms with E-state index >= 15 is 0 Å². The Balaban J connectivity index is 3.25. The minimum Gasteiger partial charge on any atom is -0.497 e. The van der Waals surface area contributed by atoms with Gasteiger partial charge in [-0.3, -0.25) is 4.79 Å². The molecule has 5 heteroatoms. The lowest BCUT2D eigenvalue weighted by atomic mass is 9.63. The summed E-state index contributed by atoms with van der Waals surface area (Å²) in [5.41, 5.74) is 0.943. The molecule has 0 aliphatic carbocycles. The second-order valence-electron chi connectivity index (χ2n) is 3.21. The molecule has 0 atom stereocenters.